The van der Waals surface area contributed by atoms with Crippen molar-refractivity contribution in [2.75, 3.05) is 11.9 Å². The molecule has 1 aliphatic heterocycles. The molecule has 1 unspecified atom stereocenters. The van der Waals surface area contributed by atoms with Gasteiger partial charge in [0.2, 0.25) is 0 Å². The van der Waals surface area contributed by atoms with Crippen LogP contribution in [0, 0.1) is 6.92 Å². The Morgan fingerprint density at radius 1 is 1.50 bits per heavy atom. The minimum Gasteiger partial charge on any atom is -0.385 e. The van der Waals surface area contributed by atoms with E-state index in [1.807, 2.05) is 0 Å². The van der Waals surface area contributed by atoms with Crippen molar-refractivity contribution in [1.29, 1.82) is 0 Å². The molecule has 0 radical (unpaired) electrons. The number of halogens is 1. The van der Waals surface area contributed by atoms with Crippen LogP contribution in [0.25, 0.3) is 0 Å². The van der Waals surface area contributed by atoms with E-state index < -0.39 is 0 Å². The van der Waals surface area contributed by atoms with Crippen molar-refractivity contribution in [2.24, 2.45) is 0 Å². The van der Waals surface area contributed by atoms with Gasteiger partial charge in [0.1, 0.15) is 0 Å². The molecule has 1 aromatic rings. The lowest BCUT2D eigenvalue weighted by molar-refractivity contribution is 0.801. The fraction of sp³-hybridized carbons (Fsp3) is 0.400. The highest BCUT2D eigenvalue weighted by molar-refractivity contribution is 6.21. The lowest BCUT2D eigenvalue weighted by atomic mass is 10.0. The minimum atomic E-state index is 0.196. The van der Waals surface area contributed by atoms with Gasteiger partial charge in [0.25, 0.3) is 0 Å². The monoisotopic (exact) mass is 181 g/mol. The topological polar surface area (TPSA) is 12.0 Å². The van der Waals surface area contributed by atoms with E-state index in [0.29, 0.717) is 0 Å². The minimum absolute atomic E-state index is 0.196. The molecule has 0 spiro atoms. The Bertz CT molecular complexity index is 296. The average Bonchev–Trinajstić information content (AvgIpc) is 2.07. The summed E-state index contributed by atoms with van der Waals surface area (Å²) in [6, 6.07) is 6.39. The second kappa shape index (κ2) is 2.98. The SMILES string of the molecule is Cc1ccc2c(c1)C(Cl)CCN2. The zero-order valence-electron chi connectivity index (χ0n) is 7.10. The number of hydrogen-bond donors (Lipinski definition) is 1. The number of anilines is 1. The van der Waals surface area contributed by atoms with Crippen LogP contribution in [0.1, 0.15) is 22.9 Å². The van der Waals surface area contributed by atoms with Crippen molar-refractivity contribution in [3.63, 3.8) is 0 Å². The molecule has 2 heteroatoms. The molecule has 0 saturated carbocycles. The Kier molecular flexibility index (Phi) is 1.97. The van der Waals surface area contributed by atoms with Crippen molar-refractivity contribution in [1.82, 2.24) is 0 Å². The lowest BCUT2D eigenvalue weighted by Crippen LogP contribution is -2.13. The molecule has 0 aromatic heterocycles. The maximum Gasteiger partial charge on any atom is 0.0622 e. The standard InChI is InChI=1S/C10H12ClN/c1-7-2-3-10-8(6-7)9(11)4-5-12-10/h2-3,6,9,12H,4-5H2,1H3. The fourth-order valence-electron chi connectivity index (χ4n) is 1.59. The Hall–Kier alpha value is -0.690. The second-order valence-electron chi connectivity index (χ2n) is 3.27. The lowest BCUT2D eigenvalue weighted by Gasteiger charge is -2.22. The molecule has 1 atom stereocenters. The largest absolute Gasteiger partial charge is 0.385 e. The van der Waals surface area contributed by atoms with Gasteiger partial charge in [-0.1, -0.05) is 17.7 Å². The van der Waals surface area contributed by atoms with E-state index in [1.165, 1.54) is 16.8 Å². The van der Waals surface area contributed by atoms with Crippen LogP contribution in [0.4, 0.5) is 5.69 Å². The number of aryl methyl sites for hydroxylation is 1. The maximum atomic E-state index is 6.18. The van der Waals surface area contributed by atoms with Crippen LogP contribution in [-0.2, 0) is 0 Å². The number of alkyl halides is 1. The van der Waals surface area contributed by atoms with Gasteiger partial charge >= 0.3 is 0 Å². The molecule has 1 nitrogen and oxygen atoms in total. The van der Waals surface area contributed by atoms with Gasteiger partial charge in [-0.3, -0.25) is 0 Å². The van der Waals surface area contributed by atoms with Gasteiger partial charge in [-0.05, 0) is 25.0 Å². The van der Waals surface area contributed by atoms with E-state index >= 15 is 0 Å². The van der Waals surface area contributed by atoms with E-state index in [0.717, 1.165) is 13.0 Å². The summed E-state index contributed by atoms with van der Waals surface area (Å²) in [5.41, 5.74) is 3.73. The van der Waals surface area contributed by atoms with Crippen molar-refractivity contribution in [3.8, 4) is 0 Å². The van der Waals surface area contributed by atoms with Gasteiger partial charge in [0, 0.05) is 12.2 Å². The molecule has 1 aromatic carbocycles. The second-order valence-corrected chi connectivity index (χ2v) is 3.80. The van der Waals surface area contributed by atoms with Gasteiger partial charge in [0.05, 0.1) is 5.38 Å². The Morgan fingerprint density at radius 3 is 3.17 bits per heavy atom. The van der Waals surface area contributed by atoms with Gasteiger partial charge in [-0.2, -0.15) is 0 Å². The number of nitrogens with one attached hydrogen (secondary N) is 1. The van der Waals surface area contributed by atoms with E-state index in [9.17, 15) is 0 Å². The van der Waals surface area contributed by atoms with Gasteiger partial charge in [-0.25, -0.2) is 0 Å². The predicted molar refractivity (Wildman–Crippen MR) is 52.9 cm³/mol. The highest BCUT2D eigenvalue weighted by Crippen LogP contribution is 2.34. The number of benzene rings is 1. The smallest absolute Gasteiger partial charge is 0.0622 e. The van der Waals surface area contributed by atoms with Gasteiger partial charge in [0.15, 0.2) is 0 Å². The molecule has 12 heavy (non-hydrogen) atoms. The molecular formula is C10H12ClN. The summed E-state index contributed by atoms with van der Waals surface area (Å²) in [7, 11) is 0. The molecular weight excluding hydrogens is 170 g/mol. The fourth-order valence-corrected chi connectivity index (χ4v) is 1.88. The summed E-state index contributed by atoms with van der Waals surface area (Å²) in [6.45, 7) is 3.09. The molecule has 0 bridgehead atoms. The quantitative estimate of drug-likeness (QED) is 0.607. The van der Waals surface area contributed by atoms with Crippen LogP contribution in [-0.4, -0.2) is 6.54 Å². The Balaban J connectivity index is 2.47. The maximum absolute atomic E-state index is 6.18. The van der Waals surface area contributed by atoms with E-state index in [2.05, 4.69) is 30.4 Å². The third-order valence-corrected chi connectivity index (χ3v) is 2.71. The van der Waals surface area contributed by atoms with Crippen LogP contribution < -0.4 is 5.32 Å². The summed E-state index contributed by atoms with van der Waals surface area (Å²) < 4.78 is 0. The summed E-state index contributed by atoms with van der Waals surface area (Å²) in [4.78, 5) is 0. The normalized spacial score (nSPS) is 21.3. The van der Waals surface area contributed by atoms with E-state index in [-0.39, 0.29) is 5.38 Å². The first-order chi connectivity index (χ1) is 5.77. The van der Waals surface area contributed by atoms with Crippen molar-refractivity contribution in [2.45, 2.75) is 18.7 Å². The summed E-state index contributed by atoms with van der Waals surface area (Å²) in [6.07, 6.45) is 1.03. The van der Waals surface area contributed by atoms with E-state index in [4.69, 9.17) is 11.6 Å². The predicted octanol–water partition coefficient (Wildman–Crippen LogP) is 3.09. The van der Waals surface area contributed by atoms with Gasteiger partial charge in [-0.15, -0.1) is 11.6 Å². The molecule has 2 rings (SSSR count). The highest BCUT2D eigenvalue weighted by Gasteiger charge is 2.16. The molecule has 0 amide bonds. The van der Waals surface area contributed by atoms with E-state index in [1.54, 1.807) is 0 Å². The molecule has 0 aliphatic carbocycles. The van der Waals surface area contributed by atoms with Gasteiger partial charge < -0.3 is 5.32 Å². The molecule has 0 fully saturated rings. The first-order valence-corrected chi connectivity index (χ1v) is 4.69. The van der Waals surface area contributed by atoms with Crippen molar-refractivity contribution < 1.29 is 0 Å². The van der Waals surface area contributed by atoms with Crippen molar-refractivity contribution >= 4 is 17.3 Å². The first kappa shape index (κ1) is 7.93. The molecule has 1 aliphatic rings. The third kappa shape index (κ3) is 1.29. The zero-order chi connectivity index (χ0) is 8.55. The van der Waals surface area contributed by atoms with Crippen LogP contribution in [0.3, 0.4) is 0 Å². The number of fused-ring (bicyclic) bond motifs is 1. The summed E-state index contributed by atoms with van der Waals surface area (Å²) >= 11 is 6.18. The summed E-state index contributed by atoms with van der Waals surface area (Å²) in [5, 5.41) is 3.53. The molecule has 1 heterocycles. The number of rotatable bonds is 0. The van der Waals surface area contributed by atoms with Crippen LogP contribution in [0.5, 0.6) is 0 Å². The highest BCUT2D eigenvalue weighted by atomic mass is 35.5. The first-order valence-electron chi connectivity index (χ1n) is 4.26. The average molecular weight is 182 g/mol. The van der Waals surface area contributed by atoms with Crippen LogP contribution >= 0.6 is 11.6 Å². The Labute approximate surface area is 77.7 Å². The Morgan fingerprint density at radius 2 is 2.33 bits per heavy atom. The van der Waals surface area contributed by atoms with Crippen molar-refractivity contribution in [3.05, 3.63) is 29.3 Å². The zero-order valence-corrected chi connectivity index (χ0v) is 7.86. The molecule has 64 valence electrons. The van der Waals surface area contributed by atoms with Crippen LogP contribution in [0.15, 0.2) is 18.2 Å². The molecule has 1 N–H and O–H groups in total. The molecule has 0 saturated heterocycles. The van der Waals surface area contributed by atoms with Crippen LogP contribution in [0.2, 0.25) is 0 Å². The third-order valence-electron chi connectivity index (χ3n) is 2.26. The summed E-state index contributed by atoms with van der Waals surface area (Å²) in [5.74, 6) is 0. The number of hydrogen-bond acceptors (Lipinski definition) is 1.